The highest BCUT2D eigenvalue weighted by Crippen LogP contribution is 2.32. The lowest BCUT2D eigenvalue weighted by Crippen LogP contribution is -2.22. The Kier molecular flexibility index (Phi) is 4.86. The van der Waals surface area contributed by atoms with E-state index >= 15 is 0 Å². The molecule has 2 heterocycles. The van der Waals surface area contributed by atoms with E-state index < -0.39 is 17.6 Å². The highest BCUT2D eigenvalue weighted by Gasteiger charge is 2.30. The first kappa shape index (κ1) is 19.4. The summed E-state index contributed by atoms with van der Waals surface area (Å²) in [5.41, 5.74) is 0.421. The van der Waals surface area contributed by atoms with Crippen LogP contribution >= 0.6 is 0 Å². The first-order valence-electron chi connectivity index (χ1n) is 8.90. The SMILES string of the molecule is O=C(NCc1ccccc1)c1cnn2c(O)cc(-c3cccc(C(F)(F)F)c3)nc12. The fourth-order valence-corrected chi connectivity index (χ4v) is 2.98. The van der Waals surface area contributed by atoms with Gasteiger partial charge >= 0.3 is 6.18 Å². The zero-order valence-electron chi connectivity index (χ0n) is 15.4. The van der Waals surface area contributed by atoms with Gasteiger partial charge in [0.2, 0.25) is 5.88 Å². The van der Waals surface area contributed by atoms with E-state index in [4.69, 9.17) is 0 Å². The summed E-state index contributed by atoms with van der Waals surface area (Å²) in [4.78, 5) is 16.9. The Balaban J connectivity index is 1.69. The minimum Gasteiger partial charge on any atom is -0.493 e. The van der Waals surface area contributed by atoms with Crippen molar-refractivity contribution < 1.29 is 23.1 Å². The molecular weight excluding hydrogens is 397 g/mol. The summed E-state index contributed by atoms with van der Waals surface area (Å²) in [5, 5.41) is 16.9. The van der Waals surface area contributed by atoms with Crippen LogP contribution in [0.4, 0.5) is 13.2 Å². The third kappa shape index (κ3) is 3.82. The van der Waals surface area contributed by atoms with Crippen molar-refractivity contribution in [3.05, 3.63) is 83.6 Å². The summed E-state index contributed by atoms with van der Waals surface area (Å²) in [5.74, 6) is -0.823. The van der Waals surface area contributed by atoms with Gasteiger partial charge in [-0.1, -0.05) is 42.5 Å². The lowest BCUT2D eigenvalue weighted by atomic mass is 10.1. The van der Waals surface area contributed by atoms with Crippen molar-refractivity contribution in [3.63, 3.8) is 0 Å². The maximum atomic E-state index is 13.0. The largest absolute Gasteiger partial charge is 0.493 e. The fourth-order valence-electron chi connectivity index (χ4n) is 2.98. The first-order chi connectivity index (χ1) is 14.3. The van der Waals surface area contributed by atoms with Crippen molar-refractivity contribution >= 4 is 11.6 Å². The highest BCUT2D eigenvalue weighted by molar-refractivity contribution is 5.99. The highest BCUT2D eigenvalue weighted by atomic mass is 19.4. The van der Waals surface area contributed by atoms with Crippen molar-refractivity contribution in [2.45, 2.75) is 12.7 Å². The number of alkyl halides is 3. The molecule has 6 nitrogen and oxygen atoms in total. The number of amides is 1. The van der Waals surface area contributed by atoms with Crippen LogP contribution in [-0.4, -0.2) is 25.6 Å². The second-order valence-electron chi connectivity index (χ2n) is 6.54. The maximum absolute atomic E-state index is 13.0. The number of halogens is 3. The Bertz CT molecular complexity index is 1220. The lowest BCUT2D eigenvalue weighted by molar-refractivity contribution is -0.137. The van der Waals surface area contributed by atoms with Crippen LogP contribution in [0.3, 0.4) is 0 Å². The number of aromatic hydroxyl groups is 1. The second kappa shape index (κ2) is 7.51. The van der Waals surface area contributed by atoms with Crippen LogP contribution in [0, 0.1) is 0 Å². The molecular formula is C21H15F3N4O2. The predicted molar refractivity (Wildman–Crippen MR) is 103 cm³/mol. The van der Waals surface area contributed by atoms with E-state index in [0.717, 1.165) is 22.2 Å². The molecule has 2 aromatic carbocycles. The number of nitrogens with zero attached hydrogens (tertiary/aromatic N) is 3. The van der Waals surface area contributed by atoms with E-state index in [2.05, 4.69) is 15.4 Å². The van der Waals surface area contributed by atoms with E-state index in [9.17, 15) is 23.1 Å². The average molecular weight is 412 g/mol. The van der Waals surface area contributed by atoms with Gasteiger partial charge in [0.05, 0.1) is 17.5 Å². The van der Waals surface area contributed by atoms with Gasteiger partial charge in [-0.15, -0.1) is 0 Å². The van der Waals surface area contributed by atoms with Crippen molar-refractivity contribution in [1.82, 2.24) is 19.9 Å². The van der Waals surface area contributed by atoms with E-state index in [1.54, 1.807) is 0 Å². The molecule has 0 saturated heterocycles. The van der Waals surface area contributed by atoms with Crippen LogP contribution < -0.4 is 5.32 Å². The Hall–Kier alpha value is -3.88. The third-order valence-electron chi connectivity index (χ3n) is 4.48. The van der Waals surface area contributed by atoms with E-state index in [0.29, 0.717) is 0 Å². The topological polar surface area (TPSA) is 79.5 Å². The normalized spacial score (nSPS) is 11.6. The molecule has 0 radical (unpaired) electrons. The molecule has 152 valence electrons. The van der Waals surface area contributed by atoms with E-state index in [-0.39, 0.29) is 34.9 Å². The second-order valence-corrected chi connectivity index (χ2v) is 6.54. The van der Waals surface area contributed by atoms with Crippen LogP contribution in [-0.2, 0) is 12.7 Å². The molecule has 0 unspecified atom stereocenters. The van der Waals surface area contributed by atoms with Gasteiger partial charge < -0.3 is 10.4 Å². The molecule has 9 heteroatoms. The molecule has 0 aliphatic heterocycles. The van der Waals surface area contributed by atoms with Crippen LogP contribution in [0.15, 0.2) is 66.9 Å². The van der Waals surface area contributed by atoms with Crippen molar-refractivity contribution in [1.29, 1.82) is 0 Å². The van der Waals surface area contributed by atoms with Crippen molar-refractivity contribution in [2.24, 2.45) is 0 Å². The number of benzene rings is 2. The Morgan fingerprint density at radius 2 is 1.83 bits per heavy atom. The predicted octanol–water partition coefficient (Wildman–Crippen LogP) is 4.05. The molecule has 0 bridgehead atoms. The van der Waals surface area contributed by atoms with Crippen LogP contribution in [0.2, 0.25) is 0 Å². The number of carbonyl (C=O) groups is 1. The molecule has 1 amide bonds. The van der Waals surface area contributed by atoms with Gasteiger partial charge in [0.1, 0.15) is 5.56 Å². The molecule has 2 aromatic heterocycles. The number of hydrogen-bond donors (Lipinski definition) is 2. The molecule has 0 atom stereocenters. The summed E-state index contributed by atoms with van der Waals surface area (Å²) in [6.07, 6.45) is -3.26. The van der Waals surface area contributed by atoms with Crippen molar-refractivity contribution in [2.75, 3.05) is 0 Å². The monoisotopic (exact) mass is 412 g/mol. The smallest absolute Gasteiger partial charge is 0.416 e. The quantitative estimate of drug-likeness (QED) is 0.530. The van der Waals surface area contributed by atoms with Gasteiger partial charge in [-0.25, -0.2) is 4.98 Å². The number of rotatable bonds is 4. The van der Waals surface area contributed by atoms with Crippen molar-refractivity contribution in [3.8, 4) is 17.1 Å². The summed E-state index contributed by atoms with van der Waals surface area (Å²) in [6.45, 7) is 0.274. The van der Waals surface area contributed by atoms with Gasteiger partial charge in [0.25, 0.3) is 5.91 Å². The summed E-state index contributed by atoms with van der Waals surface area (Å²) >= 11 is 0. The fraction of sp³-hybridized carbons (Fsp3) is 0.0952. The van der Waals surface area contributed by atoms with Gasteiger partial charge in [0, 0.05) is 18.2 Å². The van der Waals surface area contributed by atoms with Gasteiger partial charge in [-0.2, -0.15) is 22.8 Å². The molecule has 0 aliphatic carbocycles. The number of nitrogens with one attached hydrogen (secondary N) is 1. The van der Waals surface area contributed by atoms with Gasteiger partial charge in [-0.3, -0.25) is 4.79 Å². The molecule has 0 spiro atoms. The number of aromatic nitrogens is 3. The zero-order valence-corrected chi connectivity index (χ0v) is 15.4. The van der Waals surface area contributed by atoms with Crippen LogP contribution in [0.1, 0.15) is 21.5 Å². The molecule has 0 aliphatic rings. The van der Waals surface area contributed by atoms with Gasteiger partial charge in [0.15, 0.2) is 5.65 Å². The third-order valence-corrected chi connectivity index (χ3v) is 4.48. The Morgan fingerprint density at radius 1 is 1.07 bits per heavy atom. The van der Waals surface area contributed by atoms with E-state index in [1.807, 2.05) is 30.3 Å². The standard InChI is InChI=1S/C21H15F3N4O2/c22-21(23,24)15-8-4-7-14(9-15)17-10-18(29)28-19(27-17)16(12-26-28)20(30)25-11-13-5-2-1-3-6-13/h1-10,12,29H,11H2,(H,25,30). The number of carbonyl (C=O) groups excluding carboxylic acids is 1. The van der Waals surface area contributed by atoms with E-state index in [1.165, 1.54) is 24.4 Å². The molecule has 0 fully saturated rings. The summed E-state index contributed by atoms with van der Waals surface area (Å²) in [6, 6.07) is 15.0. The maximum Gasteiger partial charge on any atom is 0.416 e. The minimum absolute atomic E-state index is 0.0352. The molecule has 2 N–H and O–H groups in total. The summed E-state index contributed by atoms with van der Waals surface area (Å²) in [7, 11) is 0. The number of fused-ring (bicyclic) bond motifs is 1. The molecule has 30 heavy (non-hydrogen) atoms. The first-order valence-corrected chi connectivity index (χ1v) is 8.90. The van der Waals surface area contributed by atoms with Gasteiger partial charge in [-0.05, 0) is 17.7 Å². The zero-order chi connectivity index (χ0) is 21.3. The Morgan fingerprint density at radius 3 is 2.57 bits per heavy atom. The minimum atomic E-state index is -4.51. The lowest BCUT2D eigenvalue weighted by Gasteiger charge is -2.09. The Labute approximate surface area is 168 Å². The molecule has 4 aromatic rings. The molecule has 0 saturated carbocycles. The average Bonchev–Trinajstić information content (AvgIpc) is 3.17. The van der Waals surface area contributed by atoms with Crippen LogP contribution in [0.5, 0.6) is 5.88 Å². The summed E-state index contributed by atoms with van der Waals surface area (Å²) < 4.78 is 40.1. The van der Waals surface area contributed by atoms with Crippen LogP contribution in [0.25, 0.3) is 16.9 Å². The molecule has 4 rings (SSSR count). The number of hydrogen-bond acceptors (Lipinski definition) is 4.